The van der Waals surface area contributed by atoms with Gasteiger partial charge in [-0.2, -0.15) is 5.26 Å². The Hall–Kier alpha value is -13.5. The van der Waals surface area contributed by atoms with Crippen LogP contribution < -0.4 is 9.80 Å². The monoisotopic (exact) mass is 1760 g/mol. The predicted octanol–water partition coefficient (Wildman–Crippen LogP) is 21.0. The summed E-state index contributed by atoms with van der Waals surface area (Å²) in [5.41, 5.74) is 18.6. The number of Topliss-reactive ketones (excluding diaryl/α,β-unsaturated/α-hetero) is 3. The summed E-state index contributed by atoms with van der Waals surface area (Å²) in [6.07, 6.45) is 8.29. The Balaban J connectivity index is 0.000000118. The summed E-state index contributed by atoms with van der Waals surface area (Å²) in [4.78, 5) is 84.7. The summed E-state index contributed by atoms with van der Waals surface area (Å²) >= 11 is 12.5. The van der Waals surface area contributed by atoms with Crippen LogP contribution in [-0.2, 0) is 69.2 Å². The number of nitriles is 1. The van der Waals surface area contributed by atoms with E-state index in [0.29, 0.717) is 104 Å². The molecule has 0 bridgehead atoms. The van der Waals surface area contributed by atoms with Gasteiger partial charge in [-0.3, -0.25) is 44.0 Å². The van der Waals surface area contributed by atoms with Crippen molar-refractivity contribution < 1.29 is 40.9 Å². The van der Waals surface area contributed by atoms with Gasteiger partial charge in [-0.25, -0.2) is 29.3 Å². The van der Waals surface area contributed by atoms with Crippen LogP contribution in [-0.4, -0.2) is 124 Å². The molecule has 15 aromatic rings. The third-order valence-corrected chi connectivity index (χ3v) is 23.9. The average Bonchev–Trinajstić information content (AvgIpc) is 1.61. The molecular weight excluding hydrogens is 1660 g/mol. The maximum absolute atomic E-state index is 13.4. The molecule has 22 nitrogen and oxygen atoms in total. The maximum atomic E-state index is 13.4. The van der Waals surface area contributed by atoms with Gasteiger partial charge < -0.3 is 31.9 Å². The fourth-order valence-electron chi connectivity index (χ4n) is 16.3. The molecule has 0 atom stereocenters. The van der Waals surface area contributed by atoms with Gasteiger partial charge in [0.15, 0.2) is 17.3 Å². The minimum Gasteiger partial charge on any atom is -0.444 e. The zero-order valence-electron chi connectivity index (χ0n) is 73.6. The van der Waals surface area contributed by atoms with E-state index in [9.17, 15) is 24.0 Å². The number of aromatic nitrogens is 8. The smallest absolute Gasteiger partial charge is 0.245 e. The second kappa shape index (κ2) is 39.4. The number of fused-ring (bicyclic) bond motifs is 5. The van der Waals surface area contributed by atoms with E-state index in [1.54, 1.807) is 30.7 Å². The van der Waals surface area contributed by atoms with Crippen LogP contribution in [0.3, 0.4) is 0 Å². The highest BCUT2D eigenvalue weighted by Gasteiger charge is 2.39. The molecule has 0 aliphatic carbocycles. The number of benzene rings is 7. The average molecular weight is 1760 g/mol. The van der Waals surface area contributed by atoms with Crippen molar-refractivity contribution in [1.29, 1.82) is 5.26 Å². The third kappa shape index (κ3) is 21.7. The lowest BCUT2D eigenvalue weighted by molar-refractivity contribution is 0.0910. The van der Waals surface area contributed by atoms with Crippen LogP contribution in [0.1, 0.15) is 161 Å². The highest BCUT2D eigenvalue weighted by molar-refractivity contribution is 6.33. The number of anilines is 2. The van der Waals surface area contributed by atoms with Gasteiger partial charge in [-0.05, 0) is 163 Å². The molecule has 5 aliphatic rings. The molecule has 13 heterocycles. The van der Waals surface area contributed by atoms with E-state index in [2.05, 4.69) is 106 Å². The predicted molar refractivity (Wildman–Crippen MR) is 496 cm³/mol. The zero-order chi connectivity index (χ0) is 90.0. The number of carbonyl (C=O) groups excluding carboxylic acids is 3. The first kappa shape index (κ1) is 88.9. The summed E-state index contributed by atoms with van der Waals surface area (Å²) in [5.74, 6) is 7.43. The van der Waals surface area contributed by atoms with Crippen LogP contribution in [0.2, 0.25) is 10.0 Å². The molecule has 7 aromatic carbocycles. The Morgan fingerprint density at radius 2 is 0.899 bits per heavy atom. The number of nitrogens with zero attached hydrogens (tertiary/aromatic N) is 14. The Morgan fingerprint density at radius 3 is 1.40 bits per heavy atom. The molecule has 0 spiro atoms. The van der Waals surface area contributed by atoms with E-state index in [-0.39, 0.29) is 34.0 Å². The Bertz CT molecular complexity index is 6390. The van der Waals surface area contributed by atoms with Crippen LogP contribution in [0.5, 0.6) is 0 Å². The van der Waals surface area contributed by atoms with E-state index in [0.717, 1.165) is 193 Å². The molecule has 0 N–H and O–H groups in total. The number of halogens is 3. The fraction of sp³-hybridized carbons (Fsp3) is 0.269. The molecule has 0 fully saturated rings. The topological polar surface area (TPSA) is 260 Å². The molecule has 20 rings (SSSR count). The summed E-state index contributed by atoms with van der Waals surface area (Å²) in [6.45, 7) is 26.9. The lowest BCUT2D eigenvalue weighted by Crippen LogP contribution is -2.42. The lowest BCUT2D eigenvalue weighted by atomic mass is 9.85. The Kier molecular flexibility index (Phi) is 27.2. The second-order valence-electron chi connectivity index (χ2n) is 34.4. The summed E-state index contributed by atoms with van der Waals surface area (Å²) < 4.78 is 43.3. The SMILES string of the molecule is Cc1cc(C#N)cc(N2CCc3oc(C(C)(C)c4ccccn4)nc3C2)c1.Cc1ccc(C(=O)CN2CCc3oc(-c4cccc(Cl)c4)nc3C2)cc1.Cc1ccc(C(=O)CN2CCc3oc(-c4cccc(F)c4)nc3C2)cc1.Cc1ccc(C(=O)CN2CCc3oc(-c4ccccn4)nc3C2)cc1.Cc1ccc(N2Cc3nc(-c4ccccn4)oc3C(C)(C)C2)c(Cl)c1. The summed E-state index contributed by atoms with van der Waals surface area (Å²) in [5, 5.41) is 10.7. The number of hydrogen-bond donors (Lipinski definition) is 0. The number of rotatable bonds is 17. The van der Waals surface area contributed by atoms with E-state index in [1.807, 2.05) is 204 Å². The molecule has 5 aliphatic heterocycles. The van der Waals surface area contributed by atoms with Crippen molar-refractivity contribution in [1.82, 2.24) is 54.6 Å². The van der Waals surface area contributed by atoms with Gasteiger partial charge in [0.25, 0.3) is 0 Å². The van der Waals surface area contributed by atoms with Crippen molar-refractivity contribution in [2.45, 2.75) is 132 Å². The quantitative estimate of drug-likeness (QED) is 0.0767. The molecule has 8 aromatic heterocycles. The number of pyridine rings is 3. The lowest BCUT2D eigenvalue weighted by Gasteiger charge is -2.37. The van der Waals surface area contributed by atoms with Gasteiger partial charge in [0, 0.05) is 141 Å². The number of hydrogen-bond acceptors (Lipinski definition) is 22. The molecule has 0 saturated heterocycles. The minimum atomic E-state index is -0.388. The molecule has 654 valence electrons. The highest BCUT2D eigenvalue weighted by Crippen LogP contribution is 2.41. The zero-order valence-corrected chi connectivity index (χ0v) is 75.1. The third-order valence-electron chi connectivity index (χ3n) is 23.4. The van der Waals surface area contributed by atoms with Crippen molar-refractivity contribution in [3.05, 3.63) is 366 Å². The van der Waals surface area contributed by atoms with Gasteiger partial charge in [-0.15, -0.1) is 0 Å². The first-order valence-electron chi connectivity index (χ1n) is 43.2. The fourth-order valence-corrected chi connectivity index (χ4v) is 16.8. The molecule has 0 unspecified atom stereocenters. The molecule has 129 heavy (non-hydrogen) atoms. The van der Waals surface area contributed by atoms with E-state index in [1.165, 1.54) is 12.1 Å². The van der Waals surface area contributed by atoms with Crippen LogP contribution in [0.15, 0.2) is 253 Å². The van der Waals surface area contributed by atoms with Gasteiger partial charge >= 0.3 is 0 Å². The van der Waals surface area contributed by atoms with Crippen LogP contribution in [0.4, 0.5) is 15.8 Å². The van der Waals surface area contributed by atoms with Gasteiger partial charge in [0.2, 0.25) is 29.5 Å². The highest BCUT2D eigenvalue weighted by atomic mass is 35.5. The second-order valence-corrected chi connectivity index (χ2v) is 35.3. The van der Waals surface area contributed by atoms with Crippen LogP contribution in [0.25, 0.3) is 46.1 Å². The summed E-state index contributed by atoms with van der Waals surface area (Å²) in [7, 11) is 0. The molecule has 0 amide bonds. The van der Waals surface area contributed by atoms with E-state index >= 15 is 0 Å². The largest absolute Gasteiger partial charge is 0.444 e. The molecule has 0 saturated carbocycles. The van der Waals surface area contributed by atoms with E-state index in [4.69, 9.17) is 55.3 Å². The standard InChI is InChI=1S/C22H22N4O.C21H19ClN2O2.C21H19FN2O2.C20H20ClN3O.C20H19N3O2/c1-15-10-16(13-23)12-17(11-15)26-9-7-19-18(14-26)25-21(27-19)22(2,3)20-6-4-5-8-24-20;2*1-14-5-7-15(8-6-14)19(25)13-24-10-9-20-18(12-24)23-21(26-20)16-3-2-4-17(22)11-16;1-13-7-8-17(14(21)10-13)24-11-16-18(20(2,3)12-24)25-19(23-16)15-6-4-5-9-22-15;1-14-5-7-15(8-6-14)18(24)13-23-11-9-19-17(12-23)22-20(25-19)16-4-2-3-10-21-16/h4-6,8,10-12H,7,9,14H2,1-3H3;2*2-8,11H,9-10,12-13H2,1H3;4-10H,11-12H2,1-3H3;2-8,10H,9,11-13H2,1H3. The normalized spacial score (nSPS) is 14.5. The number of carbonyl (C=O) groups is 3. The van der Waals surface area contributed by atoms with Crippen LogP contribution >= 0.6 is 23.2 Å². The summed E-state index contributed by atoms with van der Waals surface area (Å²) in [6, 6.07) is 68.5. The molecule has 0 radical (unpaired) electrons. The first-order chi connectivity index (χ1) is 62.3. The van der Waals surface area contributed by atoms with Crippen molar-refractivity contribution in [3.8, 4) is 52.1 Å². The van der Waals surface area contributed by atoms with E-state index < -0.39 is 0 Å². The van der Waals surface area contributed by atoms with Crippen molar-refractivity contribution in [2.24, 2.45) is 0 Å². The van der Waals surface area contributed by atoms with Crippen LogP contribution in [0, 0.1) is 51.8 Å². The first-order valence-corrected chi connectivity index (χ1v) is 44.0. The number of ketones is 3. The Morgan fingerprint density at radius 1 is 0.442 bits per heavy atom. The number of aryl methyl sites for hydroxylation is 5. The Labute approximate surface area is 759 Å². The van der Waals surface area contributed by atoms with Gasteiger partial charge in [0.1, 0.15) is 57.4 Å². The molecule has 25 heteroatoms. The minimum absolute atomic E-state index is 0.0994. The maximum Gasteiger partial charge on any atom is 0.245 e. The van der Waals surface area contributed by atoms with Gasteiger partial charge in [0.05, 0.1) is 83.3 Å². The molecular formula is C104H99Cl2FN14O8. The van der Waals surface area contributed by atoms with Crippen molar-refractivity contribution in [2.75, 3.05) is 62.2 Å². The van der Waals surface area contributed by atoms with Crippen molar-refractivity contribution in [3.63, 3.8) is 0 Å². The number of oxazole rings is 5. The van der Waals surface area contributed by atoms with Gasteiger partial charge in [-0.1, -0.05) is 163 Å². The van der Waals surface area contributed by atoms with Crippen molar-refractivity contribution >= 4 is 51.9 Å².